The van der Waals surface area contributed by atoms with Crippen LogP contribution in [0.3, 0.4) is 0 Å². The van der Waals surface area contributed by atoms with Crippen molar-refractivity contribution in [1.29, 1.82) is 0 Å². The first-order valence-electron chi connectivity index (χ1n) is 12.6. The molecule has 0 spiro atoms. The quantitative estimate of drug-likeness (QED) is 0.168. The lowest BCUT2D eigenvalue weighted by Crippen LogP contribution is -2.33. The number of hydrogen-bond donors (Lipinski definition) is 5. The molecule has 1 heterocycles. The molecule has 0 aromatic heterocycles. The Labute approximate surface area is 249 Å². The average Bonchev–Trinajstić information content (AvgIpc) is 3.20. The van der Waals surface area contributed by atoms with Gasteiger partial charge in [-0.3, -0.25) is 14.4 Å². The number of rotatable bonds is 16. The van der Waals surface area contributed by atoms with Crippen molar-refractivity contribution in [2.24, 2.45) is 5.73 Å². The molecule has 3 amide bonds. The molecule has 0 unspecified atom stereocenters. The van der Waals surface area contributed by atoms with E-state index in [1.165, 1.54) is 4.90 Å². The molecule has 0 bridgehead atoms. The van der Waals surface area contributed by atoms with E-state index in [-0.39, 0.29) is 37.6 Å². The van der Waals surface area contributed by atoms with Gasteiger partial charge in [0.1, 0.15) is 0 Å². The van der Waals surface area contributed by atoms with Crippen LogP contribution in [0.5, 0.6) is 0 Å². The summed E-state index contributed by atoms with van der Waals surface area (Å²) in [7, 11) is 0. The Bertz CT molecular complexity index is 1110. The van der Waals surface area contributed by atoms with Gasteiger partial charge in [-0.1, -0.05) is 29.3 Å². The Hall–Kier alpha value is -3.11. The molecule has 42 heavy (non-hydrogen) atoms. The van der Waals surface area contributed by atoms with E-state index in [0.717, 1.165) is 5.56 Å². The highest BCUT2D eigenvalue weighted by atomic mass is 35.5. The van der Waals surface area contributed by atoms with Crippen molar-refractivity contribution >= 4 is 46.9 Å². The van der Waals surface area contributed by atoms with Gasteiger partial charge in [0.15, 0.2) is 5.76 Å². The first-order valence-corrected chi connectivity index (χ1v) is 13.4. The van der Waals surface area contributed by atoms with Crippen molar-refractivity contribution in [3.05, 3.63) is 45.1 Å². The molecule has 1 aliphatic rings. The predicted molar refractivity (Wildman–Crippen MR) is 146 cm³/mol. The van der Waals surface area contributed by atoms with Crippen molar-refractivity contribution in [3.8, 4) is 0 Å². The normalized spacial score (nSPS) is 13.1. The van der Waals surface area contributed by atoms with Crippen LogP contribution in [0, 0.1) is 0 Å². The number of nitrogens with one attached hydrogen (secondary N) is 2. The number of carboxylic acid groups (broad SMARTS) is 1. The Morgan fingerprint density at radius 2 is 1.67 bits per heavy atom. The molecule has 6 N–H and O–H groups in total. The van der Waals surface area contributed by atoms with Crippen molar-refractivity contribution < 1.29 is 52.0 Å². The smallest absolute Gasteiger partial charge is 0.490 e. The van der Waals surface area contributed by atoms with Crippen LogP contribution in [0.25, 0.3) is 0 Å². The number of carbonyl (C=O) groups excluding carboxylic acids is 3. The summed E-state index contributed by atoms with van der Waals surface area (Å²) in [6.45, 7) is 2.56. The number of nitrogens with zero attached hydrogens (tertiary/aromatic N) is 1. The van der Waals surface area contributed by atoms with E-state index < -0.39 is 29.7 Å². The largest absolute Gasteiger partial charge is 0.503 e. The summed E-state index contributed by atoms with van der Waals surface area (Å²) in [4.78, 5) is 46.1. The standard InChI is InChI=1S/C23H32Cl2N4O6.C2HF3O2/c24-18-4-3-16(14-19(18)25)2-1-7-28-22(32)17-15-29(23(33)21(17)31)9-11-35-13-12-34-10-8-27-20(30)5-6-26;3-2(4,5)1(6)7/h3-4,14,31H,1-2,5-13,15,26H2,(H,27,30)(H,28,32);(H,6,7). The maximum absolute atomic E-state index is 12.4. The molecule has 0 aliphatic carbocycles. The fourth-order valence-electron chi connectivity index (χ4n) is 3.25. The topological polar surface area (TPSA) is 181 Å². The molecule has 236 valence electrons. The molecule has 1 aliphatic heterocycles. The Morgan fingerprint density at radius 1 is 1.02 bits per heavy atom. The first-order chi connectivity index (χ1) is 19.8. The average molecular weight is 645 g/mol. The van der Waals surface area contributed by atoms with Crippen LogP contribution in [0.15, 0.2) is 29.5 Å². The van der Waals surface area contributed by atoms with Gasteiger partial charge in [-0.05, 0) is 30.5 Å². The maximum atomic E-state index is 12.4. The van der Waals surface area contributed by atoms with E-state index in [0.29, 0.717) is 62.3 Å². The van der Waals surface area contributed by atoms with Crippen molar-refractivity contribution in [2.45, 2.75) is 25.4 Å². The number of ether oxygens (including phenoxy) is 2. The molecule has 12 nitrogen and oxygen atoms in total. The maximum Gasteiger partial charge on any atom is 0.490 e. The lowest BCUT2D eigenvalue weighted by molar-refractivity contribution is -0.192. The second kappa shape index (κ2) is 19.2. The van der Waals surface area contributed by atoms with E-state index >= 15 is 0 Å². The highest BCUT2D eigenvalue weighted by Gasteiger charge is 2.38. The Balaban J connectivity index is 0.00000112. The number of carboxylic acids is 1. The van der Waals surface area contributed by atoms with E-state index in [2.05, 4.69) is 10.6 Å². The monoisotopic (exact) mass is 644 g/mol. The second-order valence-corrected chi connectivity index (χ2v) is 9.39. The van der Waals surface area contributed by atoms with Gasteiger partial charge in [0.05, 0.1) is 48.6 Å². The summed E-state index contributed by atoms with van der Waals surface area (Å²) in [6.07, 6.45) is -3.45. The first kappa shape index (κ1) is 36.9. The fraction of sp³-hybridized carbons (Fsp3) is 0.520. The van der Waals surface area contributed by atoms with E-state index in [1.807, 2.05) is 6.07 Å². The number of aliphatic hydroxyl groups excluding tert-OH is 1. The number of aryl methyl sites for hydroxylation is 1. The molecule has 1 aromatic rings. The van der Waals surface area contributed by atoms with Crippen LogP contribution >= 0.6 is 23.2 Å². The third kappa shape index (κ3) is 14.2. The summed E-state index contributed by atoms with van der Waals surface area (Å²) in [5, 5.41) is 23.6. The molecule has 1 aromatic carbocycles. The van der Waals surface area contributed by atoms with E-state index in [1.54, 1.807) is 12.1 Å². The Morgan fingerprint density at radius 3 is 2.26 bits per heavy atom. The zero-order valence-corrected chi connectivity index (χ0v) is 24.0. The van der Waals surface area contributed by atoms with Crippen LogP contribution in [0.4, 0.5) is 13.2 Å². The molecule has 0 saturated heterocycles. The number of nitrogens with two attached hydrogens (primary N) is 1. The molecule has 0 saturated carbocycles. The summed E-state index contributed by atoms with van der Waals surface area (Å²) < 4.78 is 42.5. The van der Waals surface area contributed by atoms with E-state index in [9.17, 15) is 32.7 Å². The summed E-state index contributed by atoms with van der Waals surface area (Å²) in [5.41, 5.74) is 6.33. The predicted octanol–water partition coefficient (Wildman–Crippen LogP) is 1.83. The van der Waals surface area contributed by atoms with Crippen LogP contribution in [0.1, 0.15) is 18.4 Å². The number of halogens is 5. The van der Waals surface area contributed by atoms with Crippen LogP contribution in [-0.2, 0) is 35.1 Å². The summed E-state index contributed by atoms with van der Waals surface area (Å²) in [5.74, 6) is -4.48. The molecular formula is C25H33Cl2F3N4O8. The minimum absolute atomic E-state index is 0.0195. The Kier molecular flexibility index (Phi) is 16.8. The zero-order chi connectivity index (χ0) is 31.7. The van der Waals surface area contributed by atoms with Gasteiger partial charge in [0.2, 0.25) is 5.91 Å². The van der Waals surface area contributed by atoms with E-state index in [4.69, 9.17) is 48.3 Å². The van der Waals surface area contributed by atoms with Crippen LogP contribution < -0.4 is 16.4 Å². The van der Waals surface area contributed by atoms with Gasteiger partial charge >= 0.3 is 12.1 Å². The minimum Gasteiger partial charge on any atom is -0.503 e. The van der Waals surface area contributed by atoms with Gasteiger partial charge in [-0.25, -0.2) is 4.79 Å². The molecule has 0 radical (unpaired) electrons. The van der Waals surface area contributed by atoms with Crippen LogP contribution in [0.2, 0.25) is 10.0 Å². The van der Waals surface area contributed by atoms with Crippen LogP contribution in [-0.4, -0.2) is 104 Å². The van der Waals surface area contributed by atoms with Crippen molar-refractivity contribution in [2.75, 3.05) is 59.2 Å². The third-order valence-electron chi connectivity index (χ3n) is 5.37. The zero-order valence-electron chi connectivity index (χ0n) is 22.5. The van der Waals surface area contributed by atoms with Crippen molar-refractivity contribution in [3.63, 3.8) is 0 Å². The number of amides is 3. The SMILES string of the molecule is NCCC(=O)NCCOCCOCCN1CC(C(=O)NCCCc2ccc(Cl)c(Cl)c2)=C(O)C1=O.O=C(O)C(F)(F)F. The molecule has 2 rings (SSSR count). The number of alkyl halides is 3. The molecular weight excluding hydrogens is 612 g/mol. The number of aliphatic carboxylic acids is 1. The minimum atomic E-state index is -5.08. The summed E-state index contributed by atoms with van der Waals surface area (Å²) in [6, 6.07) is 5.38. The highest BCUT2D eigenvalue weighted by Crippen LogP contribution is 2.23. The second-order valence-electron chi connectivity index (χ2n) is 8.58. The number of hydrogen-bond acceptors (Lipinski definition) is 8. The van der Waals surface area contributed by atoms with Gasteiger partial charge in [-0.15, -0.1) is 0 Å². The molecule has 0 atom stereocenters. The van der Waals surface area contributed by atoms with Gasteiger partial charge < -0.3 is 41.0 Å². The third-order valence-corrected chi connectivity index (χ3v) is 6.11. The van der Waals surface area contributed by atoms with Crippen molar-refractivity contribution in [1.82, 2.24) is 15.5 Å². The highest BCUT2D eigenvalue weighted by molar-refractivity contribution is 6.42. The van der Waals surface area contributed by atoms with Gasteiger partial charge in [0.25, 0.3) is 11.8 Å². The lowest BCUT2D eigenvalue weighted by atomic mass is 10.1. The number of benzene rings is 1. The molecule has 17 heteroatoms. The molecule has 0 fully saturated rings. The van der Waals surface area contributed by atoms with Gasteiger partial charge in [-0.2, -0.15) is 13.2 Å². The summed E-state index contributed by atoms with van der Waals surface area (Å²) >= 11 is 11.9. The number of aliphatic hydroxyl groups is 1. The number of carbonyl (C=O) groups is 4. The fourth-order valence-corrected chi connectivity index (χ4v) is 3.57. The van der Waals surface area contributed by atoms with Gasteiger partial charge in [0, 0.05) is 32.6 Å². The lowest BCUT2D eigenvalue weighted by Gasteiger charge is -2.16.